The van der Waals surface area contributed by atoms with Gasteiger partial charge in [0.15, 0.2) is 9.84 Å². The number of rotatable bonds is 2. The highest BCUT2D eigenvalue weighted by molar-refractivity contribution is 7.91. The molecule has 0 saturated carbocycles. The summed E-state index contributed by atoms with van der Waals surface area (Å²) in [4.78, 5) is 25.9. The normalized spacial score (nSPS) is 27.7. The summed E-state index contributed by atoms with van der Waals surface area (Å²) in [5.41, 5.74) is -0.611. The van der Waals surface area contributed by atoms with Crippen molar-refractivity contribution in [1.82, 2.24) is 10.2 Å². The molecule has 0 aromatic rings. The molecule has 8 heteroatoms. The van der Waals surface area contributed by atoms with Gasteiger partial charge in [-0.3, -0.25) is 9.69 Å². The van der Waals surface area contributed by atoms with Gasteiger partial charge in [0.25, 0.3) is 0 Å². The van der Waals surface area contributed by atoms with E-state index in [9.17, 15) is 18.0 Å². The summed E-state index contributed by atoms with van der Waals surface area (Å²) in [7, 11) is -3.04. The number of likely N-dealkylation sites (tertiary alicyclic amines) is 1. The summed E-state index contributed by atoms with van der Waals surface area (Å²) in [5, 5.41) is 2.76. The first kappa shape index (κ1) is 17.1. The number of nitrogens with zero attached hydrogens (tertiary/aromatic N) is 1. The molecule has 22 heavy (non-hydrogen) atoms. The van der Waals surface area contributed by atoms with Crippen molar-refractivity contribution in [3.05, 3.63) is 0 Å². The van der Waals surface area contributed by atoms with E-state index in [0.29, 0.717) is 19.4 Å². The summed E-state index contributed by atoms with van der Waals surface area (Å²) in [6.07, 6.45) is 1.25. The van der Waals surface area contributed by atoms with Crippen LogP contribution in [0.5, 0.6) is 0 Å². The van der Waals surface area contributed by atoms with E-state index < -0.39 is 27.6 Å². The average molecular weight is 332 g/mol. The third-order valence-electron chi connectivity index (χ3n) is 3.76. The molecule has 0 aromatic carbocycles. The molecule has 0 aromatic heterocycles. The minimum absolute atomic E-state index is 0.0160. The van der Waals surface area contributed by atoms with Crippen LogP contribution in [0.2, 0.25) is 0 Å². The van der Waals surface area contributed by atoms with Crippen LogP contribution in [0, 0.1) is 0 Å². The molecule has 2 heterocycles. The van der Waals surface area contributed by atoms with Crippen molar-refractivity contribution in [3.63, 3.8) is 0 Å². The van der Waals surface area contributed by atoms with Crippen LogP contribution in [0.3, 0.4) is 0 Å². The molecule has 2 saturated heterocycles. The topological polar surface area (TPSA) is 92.8 Å². The van der Waals surface area contributed by atoms with Gasteiger partial charge in [-0.05, 0) is 40.0 Å². The molecule has 1 N–H and O–H groups in total. The number of amides is 2. The number of sulfone groups is 1. The van der Waals surface area contributed by atoms with Gasteiger partial charge in [0.05, 0.1) is 11.5 Å². The van der Waals surface area contributed by atoms with Crippen LogP contribution in [0.15, 0.2) is 0 Å². The summed E-state index contributed by atoms with van der Waals surface area (Å²) < 4.78 is 28.2. The molecule has 2 rings (SSSR count). The molecule has 0 spiro atoms. The van der Waals surface area contributed by atoms with Gasteiger partial charge < -0.3 is 10.1 Å². The van der Waals surface area contributed by atoms with Crippen molar-refractivity contribution in [1.29, 1.82) is 0 Å². The van der Waals surface area contributed by atoms with E-state index >= 15 is 0 Å². The van der Waals surface area contributed by atoms with Crippen molar-refractivity contribution in [2.45, 2.75) is 57.7 Å². The van der Waals surface area contributed by atoms with Crippen molar-refractivity contribution >= 4 is 21.8 Å². The third kappa shape index (κ3) is 4.34. The number of nitrogens with one attached hydrogen (secondary N) is 1. The predicted molar refractivity (Wildman–Crippen MR) is 81.2 cm³/mol. The first-order chi connectivity index (χ1) is 10.1. The van der Waals surface area contributed by atoms with Gasteiger partial charge in [-0.15, -0.1) is 0 Å². The quantitative estimate of drug-likeness (QED) is 0.803. The zero-order valence-electron chi connectivity index (χ0n) is 13.3. The fourth-order valence-corrected chi connectivity index (χ4v) is 4.46. The number of carbonyl (C=O) groups excluding carboxylic acids is 2. The predicted octanol–water partition coefficient (Wildman–Crippen LogP) is 0.689. The van der Waals surface area contributed by atoms with Crippen LogP contribution >= 0.6 is 0 Å². The number of hydrogen-bond donors (Lipinski definition) is 1. The van der Waals surface area contributed by atoms with Gasteiger partial charge >= 0.3 is 6.09 Å². The lowest BCUT2D eigenvalue weighted by molar-refractivity contribution is -0.126. The second kappa shape index (κ2) is 6.06. The Kier molecular flexibility index (Phi) is 4.70. The molecule has 2 atom stereocenters. The molecule has 0 radical (unpaired) electrons. The van der Waals surface area contributed by atoms with Crippen molar-refractivity contribution < 1.29 is 22.7 Å². The van der Waals surface area contributed by atoms with Crippen LogP contribution < -0.4 is 5.32 Å². The lowest BCUT2D eigenvalue weighted by Gasteiger charge is -2.28. The second-order valence-corrected chi connectivity index (χ2v) is 9.17. The molecular weight excluding hydrogens is 308 g/mol. The minimum Gasteiger partial charge on any atom is -0.444 e. The van der Waals surface area contributed by atoms with Crippen LogP contribution in [0.4, 0.5) is 4.79 Å². The van der Waals surface area contributed by atoms with Crippen LogP contribution in [-0.4, -0.2) is 61.1 Å². The maximum atomic E-state index is 12.3. The molecular formula is C14H24N2O5S. The third-order valence-corrected chi connectivity index (χ3v) is 5.53. The molecule has 2 fully saturated rings. The highest BCUT2D eigenvalue weighted by Crippen LogP contribution is 2.22. The molecule has 0 aliphatic carbocycles. The fourth-order valence-electron chi connectivity index (χ4n) is 2.78. The maximum absolute atomic E-state index is 12.3. The van der Waals surface area contributed by atoms with Crippen molar-refractivity contribution in [2.75, 3.05) is 18.1 Å². The highest BCUT2D eigenvalue weighted by atomic mass is 32.2. The smallest absolute Gasteiger partial charge is 0.410 e. The standard InChI is InChI=1S/C14H24N2O5S/c1-14(2,3)21-13(18)16-7-4-5-11(16)12(17)15-10-6-8-22(19,20)9-10/h10-11H,4-9H2,1-3H3,(H,15,17)/t10?,11-/m0/s1. The maximum Gasteiger partial charge on any atom is 0.410 e. The van der Waals surface area contributed by atoms with E-state index in [-0.39, 0.29) is 23.5 Å². The molecule has 126 valence electrons. The zero-order chi connectivity index (χ0) is 16.5. The van der Waals surface area contributed by atoms with Crippen LogP contribution in [0.1, 0.15) is 40.0 Å². The number of ether oxygens (including phenoxy) is 1. The number of carbonyl (C=O) groups is 2. The largest absolute Gasteiger partial charge is 0.444 e. The summed E-state index contributed by atoms with van der Waals surface area (Å²) in [6.45, 7) is 5.81. The van der Waals surface area contributed by atoms with Gasteiger partial charge in [-0.25, -0.2) is 13.2 Å². The first-order valence-corrected chi connectivity index (χ1v) is 9.40. The van der Waals surface area contributed by atoms with Crippen molar-refractivity contribution in [2.24, 2.45) is 0 Å². The summed E-state index contributed by atoms with van der Waals surface area (Å²) in [6, 6.07) is -0.920. The monoisotopic (exact) mass is 332 g/mol. The Morgan fingerprint density at radius 2 is 1.91 bits per heavy atom. The molecule has 2 aliphatic rings. The van der Waals surface area contributed by atoms with Gasteiger partial charge in [0, 0.05) is 12.6 Å². The Morgan fingerprint density at radius 1 is 1.23 bits per heavy atom. The Labute approximate surface area is 131 Å². The SMILES string of the molecule is CC(C)(C)OC(=O)N1CCC[C@H]1C(=O)NC1CCS(=O)(=O)C1. The van der Waals surface area contributed by atoms with E-state index in [1.54, 1.807) is 20.8 Å². The van der Waals surface area contributed by atoms with E-state index in [0.717, 1.165) is 6.42 Å². The van der Waals surface area contributed by atoms with Crippen molar-refractivity contribution in [3.8, 4) is 0 Å². The van der Waals surface area contributed by atoms with E-state index in [4.69, 9.17) is 4.74 Å². The summed E-state index contributed by atoms with van der Waals surface area (Å²) in [5.74, 6) is -0.193. The molecule has 2 amide bonds. The minimum atomic E-state index is -3.04. The van der Waals surface area contributed by atoms with Gasteiger partial charge in [0.2, 0.25) is 5.91 Å². The van der Waals surface area contributed by atoms with E-state index in [1.807, 2.05) is 0 Å². The highest BCUT2D eigenvalue weighted by Gasteiger charge is 2.38. The average Bonchev–Trinajstić information content (AvgIpc) is 2.93. The Balaban J connectivity index is 1.95. The Hall–Kier alpha value is -1.31. The lowest BCUT2D eigenvalue weighted by Crippen LogP contribution is -2.50. The molecule has 7 nitrogen and oxygen atoms in total. The Morgan fingerprint density at radius 3 is 2.45 bits per heavy atom. The van der Waals surface area contributed by atoms with Crippen LogP contribution in [0.25, 0.3) is 0 Å². The van der Waals surface area contributed by atoms with E-state index in [2.05, 4.69) is 5.32 Å². The zero-order valence-corrected chi connectivity index (χ0v) is 14.1. The molecule has 0 bridgehead atoms. The van der Waals surface area contributed by atoms with Gasteiger partial charge in [-0.1, -0.05) is 0 Å². The lowest BCUT2D eigenvalue weighted by atomic mass is 10.2. The Bertz CT molecular complexity index is 552. The second-order valence-electron chi connectivity index (χ2n) is 6.94. The molecule has 1 unspecified atom stereocenters. The van der Waals surface area contributed by atoms with E-state index in [1.165, 1.54) is 4.90 Å². The molecule has 2 aliphatic heterocycles. The fraction of sp³-hybridized carbons (Fsp3) is 0.857. The van der Waals surface area contributed by atoms with Crippen LogP contribution in [-0.2, 0) is 19.4 Å². The van der Waals surface area contributed by atoms with Gasteiger partial charge in [0.1, 0.15) is 11.6 Å². The first-order valence-electron chi connectivity index (χ1n) is 7.58. The number of hydrogen-bond acceptors (Lipinski definition) is 5. The summed E-state index contributed by atoms with van der Waals surface area (Å²) >= 11 is 0. The van der Waals surface area contributed by atoms with Gasteiger partial charge in [-0.2, -0.15) is 0 Å².